The average Bonchev–Trinajstić information content (AvgIpc) is 2.88. The van der Waals surface area contributed by atoms with Gasteiger partial charge in [-0.25, -0.2) is 5.48 Å². The zero-order valence-corrected chi connectivity index (χ0v) is 20.8. The lowest BCUT2D eigenvalue weighted by atomic mass is 9.97. The summed E-state index contributed by atoms with van der Waals surface area (Å²) in [5, 5.41) is 8.64. The third kappa shape index (κ3) is 6.97. The fourth-order valence-electron chi connectivity index (χ4n) is 4.04. The van der Waals surface area contributed by atoms with Gasteiger partial charge < -0.3 is 19.1 Å². The maximum atomic E-state index is 11.2. The molecule has 7 nitrogen and oxygen atoms in total. The maximum Gasteiger partial charge on any atom is 0.243 e. The Bertz CT molecular complexity index is 1090. The van der Waals surface area contributed by atoms with Crippen molar-refractivity contribution in [1.82, 2.24) is 10.4 Å². The monoisotopic (exact) mass is 478 g/mol. The summed E-state index contributed by atoms with van der Waals surface area (Å²) >= 11 is 0. The molecule has 0 heterocycles. The number of hydrogen-bond acceptors (Lipinski definition) is 6. The van der Waals surface area contributed by atoms with Crippen LogP contribution in [0.25, 0.3) is 11.1 Å². The first-order chi connectivity index (χ1) is 17.0. The van der Waals surface area contributed by atoms with E-state index in [2.05, 4.69) is 42.2 Å². The fourth-order valence-corrected chi connectivity index (χ4v) is 4.04. The molecule has 2 N–H and O–H groups in total. The maximum absolute atomic E-state index is 11.2. The second-order valence-corrected chi connectivity index (χ2v) is 8.43. The molecule has 3 aromatic rings. The van der Waals surface area contributed by atoms with Crippen molar-refractivity contribution in [2.75, 3.05) is 27.8 Å². The Morgan fingerprint density at radius 1 is 1.00 bits per heavy atom. The summed E-state index contributed by atoms with van der Waals surface area (Å²) in [6.45, 7) is 3.79. The Kier molecular flexibility index (Phi) is 9.52. The van der Waals surface area contributed by atoms with Crippen LogP contribution in [0.5, 0.6) is 17.2 Å². The second kappa shape index (κ2) is 12.8. The average molecular weight is 479 g/mol. The normalized spacial score (nSPS) is 10.8. The minimum atomic E-state index is -0.389. The van der Waals surface area contributed by atoms with E-state index in [-0.39, 0.29) is 12.3 Å². The number of ether oxygens (including phenoxy) is 3. The molecule has 0 fully saturated rings. The highest BCUT2D eigenvalue weighted by molar-refractivity contribution is 5.74. The second-order valence-electron chi connectivity index (χ2n) is 8.43. The first kappa shape index (κ1) is 26.1. The summed E-state index contributed by atoms with van der Waals surface area (Å²) in [7, 11) is 5.21. The molecule has 0 aliphatic carbocycles. The molecule has 0 aliphatic heterocycles. The van der Waals surface area contributed by atoms with E-state index in [1.54, 1.807) is 19.7 Å². The van der Waals surface area contributed by atoms with Crippen LogP contribution in [-0.4, -0.2) is 43.8 Å². The van der Waals surface area contributed by atoms with Gasteiger partial charge in [0.05, 0.1) is 19.8 Å². The van der Waals surface area contributed by atoms with Crippen LogP contribution in [0.4, 0.5) is 0 Å². The van der Waals surface area contributed by atoms with E-state index in [1.807, 2.05) is 37.4 Å². The largest absolute Gasteiger partial charge is 0.496 e. The molecule has 35 heavy (non-hydrogen) atoms. The molecule has 0 bridgehead atoms. The van der Waals surface area contributed by atoms with Crippen LogP contribution in [0.1, 0.15) is 29.5 Å². The van der Waals surface area contributed by atoms with E-state index in [9.17, 15) is 4.79 Å². The topological polar surface area (TPSA) is 80.3 Å². The SMILES string of the molecule is COc1cc(OCc2cccc(-c3ccccc3)c2C)cc(OC)c1CN(C)CCCC(=O)NO. The molecular formula is C28H34N2O5. The Balaban J connectivity index is 1.73. The number of methoxy groups -OCH3 is 2. The third-order valence-electron chi connectivity index (χ3n) is 6.00. The van der Waals surface area contributed by atoms with Gasteiger partial charge in [-0.2, -0.15) is 0 Å². The van der Waals surface area contributed by atoms with Gasteiger partial charge in [-0.05, 0) is 49.2 Å². The number of hydroxylamine groups is 1. The molecule has 0 aliphatic rings. The van der Waals surface area contributed by atoms with Crippen molar-refractivity contribution in [2.24, 2.45) is 0 Å². The summed E-state index contributed by atoms with van der Waals surface area (Å²) in [5.41, 5.74) is 7.23. The van der Waals surface area contributed by atoms with Gasteiger partial charge in [0.15, 0.2) is 0 Å². The molecule has 0 saturated heterocycles. The summed E-state index contributed by atoms with van der Waals surface area (Å²) in [4.78, 5) is 13.3. The van der Waals surface area contributed by atoms with Crippen molar-refractivity contribution in [1.29, 1.82) is 0 Å². The van der Waals surface area contributed by atoms with Gasteiger partial charge in [-0.3, -0.25) is 10.0 Å². The van der Waals surface area contributed by atoms with E-state index in [1.165, 1.54) is 16.7 Å². The highest BCUT2D eigenvalue weighted by Gasteiger charge is 2.16. The highest BCUT2D eigenvalue weighted by Crippen LogP contribution is 2.35. The van der Waals surface area contributed by atoms with E-state index < -0.39 is 0 Å². The van der Waals surface area contributed by atoms with Crippen LogP contribution in [0.3, 0.4) is 0 Å². The minimum Gasteiger partial charge on any atom is -0.496 e. The number of carbonyl (C=O) groups excluding carboxylic acids is 1. The molecule has 0 atom stereocenters. The first-order valence-corrected chi connectivity index (χ1v) is 11.6. The van der Waals surface area contributed by atoms with E-state index >= 15 is 0 Å². The van der Waals surface area contributed by atoms with Crippen LogP contribution >= 0.6 is 0 Å². The molecule has 0 unspecified atom stereocenters. The van der Waals surface area contributed by atoms with Gasteiger partial charge in [0, 0.05) is 25.1 Å². The lowest BCUT2D eigenvalue weighted by Gasteiger charge is -2.21. The molecule has 186 valence electrons. The minimum absolute atomic E-state index is 0.257. The molecule has 3 aromatic carbocycles. The molecule has 7 heteroatoms. The Hall–Kier alpha value is -3.55. The van der Waals surface area contributed by atoms with Crippen LogP contribution in [0.2, 0.25) is 0 Å². The molecule has 3 rings (SSSR count). The zero-order chi connectivity index (χ0) is 25.2. The molecule has 1 amide bonds. The van der Waals surface area contributed by atoms with E-state index in [4.69, 9.17) is 19.4 Å². The van der Waals surface area contributed by atoms with Gasteiger partial charge >= 0.3 is 0 Å². The number of rotatable bonds is 12. The fraction of sp³-hybridized carbons (Fsp3) is 0.321. The molecule has 0 spiro atoms. The molecule has 0 radical (unpaired) electrons. The molecular weight excluding hydrogens is 444 g/mol. The summed E-state index contributed by atoms with van der Waals surface area (Å²) in [6, 6.07) is 20.3. The standard InChI is InChI=1S/C28H34N2O5/c1-20-22(12-8-13-24(20)21-10-6-5-7-11-21)19-35-23-16-26(33-3)25(27(17-23)34-4)18-30(2)15-9-14-28(31)29-32/h5-8,10-13,16-17,32H,9,14-15,18-19H2,1-4H3,(H,29,31). The van der Waals surface area contributed by atoms with E-state index in [0.29, 0.717) is 43.4 Å². The number of hydrogen-bond donors (Lipinski definition) is 2. The third-order valence-corrected chi connectivity index (χ3v) is 6.00. The summed E-state index contributed by atoms with van der Waals surface area (Å²) in [6.07, 6.45) is 0.878. The number of carbonyl (C=O) groups is 1. The lowest BCUT2D eigenvalue weighted by Crippen LogP contribution is -2.23. The van der Waals surface area contributed by atoms with Crippen molar-refractivity contribution in [2.45, 2.75) is 32.9 Å². The first-order valence-electron chi connectivity index (χ1n) is 11.6. The van der Waals surface area contributed by atoms with Crippen molar-refractivity contribution in [3.63, 3.8) is 0 Å². The molecule has 0 saturated carbocycles. The van der Waals surface area contributed by atoms with Crippen molar-refractivity contribution < 1.29 is 24.2 Å². The van der Waals surface area contributed by atoms with Crippen LogP contribution < -0.4 is 19.7 Å². The number of nitrogens with one attached hydrogen (secondary N) is 1. The summed E-state index contributed by atoms with van der Waals surface area (Å²) in [5.74, 6) is 1.62. The van der Waals surface area contributed by atoms with Crippen LogP contribution in [0, 0.1) is 6.92 Å². The number of benzene rings is 3. The van der Waals surface area contributed by atoms with E-state index in [0.717, 1.165) is 11.1 Å². The summed E-state index contributed by atoms with van der Waals surface area (Å²) < 4.78 is 17.5. The van der Waals surface area contributed by atoms with Crippen LogP contribution in [-0.2, 0) is 17.9 Å². The van der Waals surface area contributed by atoms with Crippen molar-refractivity contribution in [3.8, 4) is 28.4 Å². The van der Waals surface area contributed by atoms with Gasteiger partial charge in [-0.1, -0.05) is 48.5 Å². The number of amides is 1. The zero-order valence-electron chi connectivity index (χ0n) is 20.8. The van der Waals surface area contributed by atoms with Gasteiger partial charge in [0.1, 0.15) is 23.9 Å². The predicted octanol–water partition coefficient (Wildman–Crippen LogP) is 4.98. The molecule has 0 aromatic heterocycles. The lowest BCUT2D eigenvalue weighted by molar-refractivity contribution is -0.129. The van der Waals surface area contributed by atoms with Gasteiger partial charge in [0.25, 0.3) is 0 Å². The Morgan fingerprint density at radius 2 is 1.69 bits per heavy atom. The van der Waals surface area contributed by atoms with Gasteiger partial charge in [-0.15, -0.1) is 0 Å². The highest BCUT2D eigenvalue weighted by atomic mass is 16.5. The van der Waals surface area contributed by atoms with Crippen LogP contribution in [0.15, 0.2) is 60.7 Å². The van der Waals surface area contributed by atoms with Crippen molar-refractivity contribution in [3.05, 3.63) is 77.4 Å². The van der Waals surface area contributed by atoms with Gasteiger partial charge in [0.2, 0.25) is 5.91 Å². The predicted molar refractivity (Wildman–Crippen MR) is 136 cm³/mol. The Morgan fingerprint density at radius 3 is 2.31 bits per heavy atom. The van der Waals surface area contributed by atoms with Crippen molar-refractivity contribution >= 4 is 5.91 Å². The number of nitrogens with zero attached hydrogens (tertiary/aromatic N) is 1. The quantitative estimate of drug-likeness (QED) is 0.282. The smallest absolute Gasteiger partial charge is 0.243 e. The Labute approximate surface area is 207 Å².